The van der Waals surface area contributed by atoms with Gasteiger partial charge >= 0.3 is 0 Å². The monoisotopic (exact) mass is 203 g/mol. The number of hydrogen-bond donors (Lipinski definition) is 0. The molecule has 2 aromatic rings. The number of thiophene rings is 1. The van der Waals surface area contributed by atoms with Crippen molar-refractivity contribution in [2.75, 3.05) is 0 Å². The maximum Gasteiger partial charge on any atom is 0.177 e. The smallest absolute Gasteiger partial charge is 0.177 e. The summed E-state index contributed by atoms with van der Waals surface area (Å²) in [4.78, 5) is 0. The first-order chi connectivity index (χ1) is 6.86. The fourth-order valence-corrected chi connectivity index (χ4v) is 1.87. The van der Waals surface area contributed by atoms with E-state index in [9.17, 15) is 0 Å². The highest BCUT2D eigenvalue weighted by Gasteiger charge is 2.00. The Morgan fingerprint density at radius 1 is 1.14 bits per heavy atom. The molecule has 0 unspecified atom stereocenters. The van der Waals surface area contributed by atoms with Crippen LogP contribution in [0.4, 0.5) is 0 Å². The Balaban J connectivity index is 1.99. The zero-order chi connectivity index (χ0) is 9.80. The van der Waals surface area contributed by atoms with Crippen LogP contribution in [0.2, 0.25) is 0 Å². The Bertz CT molecular complexity index is 392. The first kappa shape index (κ1) is 9.28. The van der Waals surface area contributed by atoms with Crippen molar-refractivity contribution in [2.45, 2.75) is 6.61 Å². The van der Waals surface area contributed by atoms with Crippen molar-refractivity contribution in [2.24, 2.45) is 0 Å². The first-order valence-corrected chi connectivity index (χ1v) is 5.30. The summed E-state index contributed by atoms with van der Waals surface area (Å²) in [7, 11) is 0. The molecule has 0 aliphatic rings. The van der Waals surface area contributed by atoms with E-state index in [-0.39, 0.29) is 0 Å². The molecule has 14 heavy (non-hydrogen) atoms. The molecule has 1 nitrogen and oxygen atoms in total. The van der Waals surface area contributed by atoms with Crippen LogP contribution in [-0.4, -0.2) is 0 Å². The summed E-state index contributed by atoms with van der Waals surface area (Å²) in [6, 6.07) is 12.1. The Morgan fingerprint density at radius 3 is 2.57 bits per heavy atom. The normalized spacial score (nSPS) is 10.1. The van der Waals surface area contributed by atoms with Gasteiger partial charge in [0.15, 0.2) is 5.06 Å². The maximum atomic E-state index is 5.62. The third kappa shape index (κ3) is 2.15. The van der Waals surface area contributed by atoms with Gasteiger partial charge in [-0.3, -0.25) is 0 Å². The zero-order valence-electron chi connectivity index (χ0n) is 7.77. The lowest BCUT2D eigenvalue weighted by molar-refractivity contribution is 0.314. The van der Waals surface area contributed by atoms with Crippen LogP contribution in [-0.2, 0) is 6.61 Å². The lowest BCUT2D eigenvalue weighted by Crippen LogP contribution is -1.93. The number of rotatable bonds is 3. The number of benzene rings is 1. The predicted octanol–water partition coefficient (Wildman–Crippen LogP) is 3.51. The second kappa shape index (κ2) is 4.29. The van der Waals surface area contributed by atoms with Gasteiger partial charge in [-0.25, -0.2) is 0 Å². The third-order valence-electron chi connectivity index (χ3n) is 1.92. The Hall–Kier alpha value is -1.28. The average Bonchev–Trinajstić information content (AvgIpc) is 2.63. The molecule has 1 aromatic carbocycles. The van der Waals surface area contributed by atoms with Gasteiger partial charge in [-0.05, 0) is 23.9 Å². The van der Waals surface area contributed by atoms with Crippen LogP contribution in [0.15, 0.2) is 41.8 Å². The van der Waals surface area contributed by atoms with Crippen LogP contribution in [0.3, 0.4) is 0 Å². The van der Waals surface area contributed by atoms with Crippen LogP contribution in [0.25, 0.3) is 0 Å². The Kier molecular flexibility index (Phi) is 2.84. The minimum absolute atomic E-state index is 0.615. The minimum Gasteiger partial charge on any atom is -0.479 e. The average molecular weight is 203 g/mol. The van der Waals surface area contributed by atoms with Crippen LogP contribution >= 0.6 is 11.3 Å². The van der Waals surface area contributed by atoms with E-state index in [0.717, 1.165) is 10.6 Å². The molecule has 71 valence electrons. The van der Waals surface area contributed by atoms with E-state index in [2.05, 4.69) is 19.1 Å². The summed E-state index contributed by atoms with van der Waals surface area (Å²) in [5, 5.41) is 2.90. The molecule has 0 bridgehead atoms. The maximum absolute atomic E-state index is 5.62. The van der Waals surface area contributed by atoms with Crippen molar-refractivity contribution < 1.29 is 4.74 Å². The second-order valence-electron chi connectivity index (χ2n) is 3.01. The van der Waals surface area contributed by atoms with Gasteiger partial charge < -0.3 is 4.74 Å². The van der Waals surface area contributed by atoms with E-state index >= 15 is 0 Å². The molecule has 0 aliphatic heterocycles. The van der Waals surface area contributed by atoms with Crippen LogP contribution in [0, 0.1) is 6.92 Å². The van der Waals surface area contributed by atoms with Gasteiger partial charge in [-0.1, -0.05) is 30.3 Å². The molecule has 1 aromatic heterocycles. The van der Waals surface area contributed by atoms with Gasteiger partial charge in [-0.15, -0.1) is 11.3 Å². The highest BCUT2D eigenvalue weighted by molar-refractivity contribution is 7.12. The number of hydrogen-bond acceptors (Lipinski definition) is 2. The van der Waals surface area contributed by atoms with Crippen molar-refractivity contribution in [3.05, 3.63) is 59.8 Å². The molecule has 1 radical (unpaired) electrons. The predicted molar refractivity (Wildman–Crippen MR) is 59.6 cm³/mol. The summed E-state index contributed by atoms with van der Waals surface area (Å²) in [6.07, 6.45) is 0. The topological polar surface area (TPSA) is 9.23 Å². The molecule has 0 amide bonds. The largest absolute Gasteiger partial charge is 0.479 e. The van der Waals surface area contributed by atoms with Crippen molar-refractivity contribution >= 4 is 11.3 Å². The molecule has 0 fully saturated rings. The molecule has 0 spiro atoms. The summed E-state index contributed by atoms with van der Waals surface area (Å²) < 4.78 is 5.62. The summed E-state index contributed by atoms with van der Waals surface area (Å²) >= 11 is 1.58. The standard InChI is InChI=1S/C12H11OS/c1-10-7-8-14-12(10)13-9-11-5-3-2-4-6-11/h2-8H,1,9H2. The SMILES string of the molecule is [CH2]c1ccsc1OCc1ccccc1. The molecule has 0 aliphatic carbocycles. The highest BCUT2D eigenvalue weighted by atomic mass is 32.1. The van der Waals surface area contributed by atoms with Gasteiger partial charge in [0.25, 0.3) is 0 Å². The summed E-state index contributed by atoms with van der Waals surface area (Å²) in [5.74, 6) is 0. The molecule has 1 heterocycles. The molecule has 2 rings (SSSR count). The quantitative estimate of drug-likeness (QED) is 0.741. The van der Waals surface area contributed by atoms with Crippen molar-refractivity contribution in [1.82, 2.24) is 0 Å². The fraction of sp³-hybridized carbons (Fsp3) is 0.0833. The van der Waals surface area contributed by atoms with E-state index in [1.54, 1.807) is 11.3 Å². The Labute approximate surface area is 88.0 Å². The van der Waals surface area contributed by atoms with Crippen LogP contribution in [0.5, 0.6) is 5.06 Å². The van der Waals surface area contributed by atoms with E-state index in [4.69, 9.17) is 4.74 Å². The minimum atomic E-state index is 0.615. The highest BCUT2D eigenvalue weighted by Crippen LogP contribution is 2.25. The molecule has 0 saturated carbocycles. The lowest BCUT2D eigenvalue weighted by Gasteiger charge is -2.04. The van der Waals surface area contributed by atoms with Crippen molar-refractivity contribution in [1.29, 1.82) is 0 Å². The lowest BCUT2D eigenvalue weighted by atomic mass is 10.2. The van der Waals surface area contributed by atoms with Crippen LogP contribution < -0.4 is 4.74 Å². The Morgan fingerprint density at radius 2 is 1.93 bits per heavy atom. The molecular weight excluding hydrogens is 192 g/mol. The van der Waals surface area contributed by atoms with Crippen molar-refractivity contribution in [3.63, 3.8) is 0 Å². The van der Waals surface area contributed by atoms with E-state index in [1.807, 2.05) is 29.6 Å². The summed E-state index contributed by atoms with van der Waals surface area (Å²) in [6.45, 7) is 4.49. The first-order valence-electron chi connectivity index (χ1n) is 4.42. The van der Waals surface area contributed by atoms with Gasteiger partial charge in [-0.2, -0.15) is 0 Å². The van der Waals surface area contributed by atoms with E-state index in [1.165, 1.54) is 5.56 Å². The number of ether oxygens (including phenoxy) is 1. The second-order valence-corrected chi connectivity index (χ2v) is 3.89. The molecule has 0 N–H and O–H groups in total. The molecule has 2 heteroatoms. The molecular formula is C12H11OS. The van der Waals surface area contributed by atoms with Crippen LogP contribution in [0.1, 0.15) is 11.1 Å². The fourth-order valence-electron chi connectivity index (χ4n) is 1.17. The van der Waals surface area contributed by atoms with E-state index in [0.29, 0.717) is 6.61 Å². The zero-order valence-corrected chi connectivity index (χ0v) is 8.59. The summed E-state index contributed by atoms with van der Waals surface area (Å²) in [5.41, 5.74) is 2.14. The van der Waals surface area contributed by atoms with Gasteiger partial charge in [0, 0.05) is 5.56 Å². The molecule has 0 saturated heterocycles. The van der Waals surface area contributed by atoms with Gasteiger partial charge in [0.05, 0.1) is 0 Å². The van der Waals surface area contributed by atoms with Crippen molar-refractivity contribution in [3.8, 4) is 5.06 Å². The third-order valence-corrected chi connectivity index (χ3v) is 2.79. The van der Waals surface area contributed by atoms with Gasteiger partial charge in [0.1, 0.15) is 6.61 Å². The molecule has 0 atom stereocenters. The van der Waals surface area contributed by atoms with Gasteiger partial charge in [0.2, 0.25) is 0 Å². The van der Waals surface area contributed by atoms with E-state index < -0.39 is 0 Å².